The summed E-state index contributed by atoms with van der Waals surface area (Å²) >= 11 is 6.86. The van der Waals surface area contributed by atoms with Crippen molar-refractivity contribution in [2.75, 3.05) is 11.6 Å². The molecular weight excluding hydrogens is 433 g/mol. The van der Waals surface area contributed by atoms with Crippen LogP contribution < -0.4 is 0 Å². The third-order valence-corrected chi connectivity index (χ3v) is 5.03. The van der Waals surface area contributed by atoms with Gasteiger partial charge >= 0.3 is 5.97 Å². The SMILES string of the molecule is O=C(O)[C@@H]1CSCN1C(=O)c1cc(Br)ccc1I. The maximum absolute atomic E-state index is 12.4. The molecule has 1 heterocycles. The van der Waals surface area contributed by atoms with Gasteiger partial charge in [-0.25, -0.2) is 4.79 Å². The van der Waals surface area contributed by atoms with Gasteiger partial charge < -0.3 is 10.0 Å². The summed E-state index contributed by atoms with van der Waals surface area (Å²) in [5, 5.41) is 9.08. The number of nitrogens with zero attached hydrogens (tertiary/aromatic N) is 1. The highest BCUT2D eigenvalue weighted by Gasteiger charge is 2.35. The molecule has 18 heavy (non-hydrogen) atoms. The van der Waals surface area contributed by atoms with Crippen LogP contribution in [0.1, 0.15) is 10.4 Å². The molecule has 0 unspecified atom stereocenters. The molecule has 1 N–H and O–H groups in total. The van der Waals surface area contributed by atoms with Gasteiger partial charge in [0.2, 0.25) is 0 Å². The second-order valence-electron chi connectivity index (χ2n) is 3.75. The first-order chi connectivity index (χ1) is 8.50. The highest BCUT2D eigenvalue weighted by molar-refractivity contribution is 14.1. The van der Waals surface area contributed by atoms with Gasteiger partial charge in [-0.1, -0.05) is 15.9 Å². The first-order valence-electron chi connectivity index (χ1n) is 5.07. The van der Waals surface area contributed by atoms with Gasteiger partial charge in [-0.05, 0) is 40.8 Å². The number of aliphatic carboxylic acids is 1. The van der Waals surface area contributed by atoms with Crippen molar-refractivity contribution in [1.82, 2.24) is 4.90 Å². The number of rotatable bonds is 2. The van der Waals surface area contributed by atoms with E-state index in [4.69, 9.17) is 5.11 Å². The highest BCUT2D eigenvalue weighted by Crippen LogP contribution is 2.26. The van der Waals surface area contributed by atoms with E-state index in [0.29, 0.717) is 17.2 Å². The molecule has 0 aromatic heterocycles. The van der Waals surface area contributed by atoms with E-state index in [0.717, 1.165) is 8.04 Å². The van der Waals surface area contributed by atoms with Gasteiger partial charge in [0.05, 0.1) is 11.4 Å². The molecule has 4 nitrogen and oxygen atoms in total. The molecule has 1 saturated heterocycles. The molecule has 7 heteroatoms. The Labute approximate surface area is 130 Å². The Morgan fingerprint density at radius 2 is 2.22 bits per heavy atom. The topological polar surface area (TPSA) is 57.6 Å². The minimum Gasteiger partial charge on any atom is -0.480 e. The number of carboxylic acids is 1. The van der Waals surface area contributed by atoms with Crippen molar-refractivity contribution in [3.05, 3.63) is 31.8 Å². The Morgan fingerprint density at radius 3 is 2.89 bits per heavy atom. The molecule has 2 rings (SSSR count). The lowest BCUT2D eigenvalue weighted by Gasteiger charge is -2.21. The van der Waals surface area contributed by atoms with E-state index in [9.17, 15) is 9.59 Å². The van der Waals surface area contributed by atoms with Gasteiger partial charge in [0.1, 0.15) is 6.04 Å². The highest BCUT2D eigenvalue weighted by atomic mass is 127. The molecule has 1 fully saturated rings. The fourth-order valence-electron chi connectivity index (χ4n) is 1.66. The number of thioether (sulfide) groups is 1. The molecule has 0 aliphatic carbocycles. The Kier molecular flexibility index (Phi) is 4.54. The maximum atomic E-state index is 12.4. The normalized spacial score (nSPS) is 19.0. The van der Waals surface area contributed by atoms with Crippen molar-refractivity contribution in [2.24, 2.45) is 0 Å². The van der Waals surface area contributed by atoms with E-state index >= 15 is 0 Å². The number of carbonyl (C=O) groups is 2. The molecule has 1 aliphatic rings. The van der Waals surface area contributed by atoms with Crippen LogP contribution in [0.25, 0.3) is 0 Å². The van der Waals surface area contributed by atoms with E-state index in [-0.39, 0.29) is 5.91 Å². The monoisotopic (exact) mass is 441 g/mol. The van der Waals surface area contributed by atoms with Crippen LogP contribution >= 0.6 is 50.3 Å². The summed E-state index contributed by atoms with van der Waals surface area (Å²) in [6.07, 6.45) is 0. The lowest BCUT2D eigenvalue weighted by atomic mass is 10.2. The smallest absolute Gasteiger partial charge is 0.327 e. The minimum atomic E-state index is -0.946. The maximum Gasteiger partial charge on any atom is 0.327 e. The van der Waals surface area contributed by atoms with Crippen LogP contribution in [-0.4, -0.2) is 39.6 Å². The van der Waals surface area contributed by atoms with Gasteiger partial charge in [-0.3, -0.25) is 4.79 Å². The number of amides is 1. The molecule has 1 atom stereocenters. The number of benzene rings is 1. The first-order valence-corrected chi connectivity index (χ1v) is 8.10. The number of hydrogen-bond donors (Lipinski definition) is 1. The van der Waals surface area contributed by atoms with Crippen molar-refractivity contribution >= 4 is 62.2 Å². The summed E-state index contributed by atoms with van der Waals surface area (Å²) in [4.78, 5) is 24.9. The first kappa shape index (κ1) is 14.1. The molecule has 96 valence electrons. The number of carboxylic acid groups (broad SMARTS) is 1. The largest absolute Gasteiger partial charge is 0.480 e. The Hall–Kier alpha value is -0.280. The standard InChI is InChI=1S/C11H9BrINO3S/c12-6-1-2-8(13)7(3-6)10(15)14-5-18-4-9(14)11(16)17/h1-3,9H,4-5H2,(H,16,17)/t9-/m0/s1. The Balaban J connectivity index is 2.31. The van der Waals surface area contributed by atoms with E-state index in [1.54, 1.807) is 6.07 Å². The van der Waals surface area contributed by atoms with Gasteiger partial charge in [-0.2, -0.15) is 0 Å². The molecule has 1 aromatic carbocycles. The van der Waals surface area contributed by atoms with Crippen molar-refractivity contribution < 1.29 is 14.7 Å². The predicted molar refractivity (Wildman–Crippen MR) is 81.8 cm³/mol. The molecule has 1 aromatic rings. The number of hydrogen-bond acceptors (Lipinski definition) is 3. The lowest BCUT2D eigenvalue weighted by molar-refractivity contribution is -0.140. The lowest BCUT2D eigenvalue weighted by Crippen LogP contribution is -2.42. The fraction of sp³-hybridized carbons (Fsp3) is 0.273. The Morgan fingerprint density at radius 1 is 1.50 bits per heavy atom. The molecule has 0 bridgehead atoms. The van der Waals surface area contributed by atoms with E-state index in [2.05, 4.69) is 38.5 Å². The van der Waals surface area contributed by atoms with Crippen molar-refractivity contribution in [2.45, 2.75) is 6.04 Å². The summed E-state index contributed by atoms with van der Waals surface area (Å²) in [6.45, 7) is 0. The van der Waals surface area contributed by atoms with Crippen LogP contribution in [0.3, 0.4) is 0 Å². The zero-order valence-electron chi connectivity index (χ0n) is 9.10. The average Bonchev–Trinajstić information content (AvgIpc) is 2.80. The van der Waals surface area contributed by atoms with E-state index in [1.165, 1.54) is 16.7 Å². The third-order valence-electron chi connectivity index (χ3n) is 2.59. The molecule has 0 spiro atoms. The summed E-state index contributed by atoms with van der Waals surface area (Å²) < 4.78 is 1.63. The summed E-state index contributed by atoms with van der Waals surface area (Å²) in [6, 6.07) is 4.69. The van der Waals surface area contributed by atoms with Crippen LogP contribution in [-0.2, 0) is 4.79 Å². The molecule has 0 saturated carbocycles. The number of halogens is 2. The average molecular weight is 442 g/mol. The zero-order valence-corrected chi connectivity index (χ0v) is 13.7. The predicted octanol–water partition coefficient (Wildman–Crippen LogP) is 2.65. The third kappa shape index (κ3) is 2.83. The molecule has 1 amide bonds. The van der Waals surface area contributed by atoms with Crippen LogP contribution in [0.5, 0.6) is 0 Å². The molecule has 0 radical (unpaired) electrons. The minimum absolute atomic E-state index is 0.224. The second kappa shape index (κ2) is 5.79. The van der Waals surface area contributed by atoms with E-state index < -0.39 is 12.0 Å². The van der Waals surface area contributed by atoms with Crippen LogP contribution in [0.2, 0.25) is 0 Å². The van der Waals surface area contributed by atoms with Gasteiger partial charge in [0.15, 0.2) is 0 Å². The fourth-order valence-corrected chi connectivity index (χ4v) is 3.74. The van der Waals surface area contributed by atoms with Crippen molar-refractivity contribution in [3.8, 4) is 0 Å². The summed E-state index contributed by atoms with van der Waals surface area (Å²) in [5.74, 6) is -0.291. The summed E-state index contributed by atoms with van der Waals surface area (Å²) in [5.41, 5.74) is 0.540. The van der Waals surface area contributed by atoms with Crippen molar-refractivity contribution in [3.63, 3.8) is 0 Å². The van der Waals surface area contributed by atoms with E-state index in [1.807, 2.05) is 12.1 Å². The van der Waals surface area contributed by atoms with Crippen LogP contribution in [0, 0.1) is 3.57 Å². The van der Waals surface area contributed by atoms with Gasteiger partial charge in [0, 0.05) is 13.8 Å². The quantitative estimate of drug-likeness (QED) is 0.717. The van der Waals surface area contributed by atoms with Crippen LogP contribution in [0.15, 0.2) is 22.7 Å². The summed E-state index contributed by atoms with van der Waals surface area (Å²) in [7, 11) is 0. The second-order valence-corrected chi connectivity index (χ2v) is 6.83. The van der Waals surface area contributed by atoms with Crippen molar-refractivity contribution in [1.29, 1.82) is 0 Å². The number of carbonyl (C=O) groups excluding carboxylic acids is 1. The van der Waals surface area contributed by atoms with Gasteiger partial charge in [0.25, 0.3) is 5.91 Å². The Bertz CT molecular complexity index is 511. The van der Waals surface area contributed by atoms with Crippen LogP contribution in [0.4, 0.5) is 0 Å². The molecular formula is C11H9BrINO3S. The zero-order chi connectivity index (χ0) is 13.3. The molecule has 1 aliphatic heterocycles. The van der Waals surface area contributed by atoms with Gasteiger partial charge in [-0.15, -0.1) is 11.8 Å².